The molecule has 0 aliphatic heterocycles. The molecule has 5 nitrogen and oxygen atoms in total. The molecule has 0 radical (unpaired) electrons. The second-order valence-corrected chi connectivity index (χ2v) is 6.88. The molecule has 3 aromatic heterocycles. The molecule has 0 spiro atoms. The number of aromatic carboxylic acids is 1. The number of halogens is 2. The van der Waals surface area contributed by atoms with Crippen LogP contribution < -0.4 is 0 Å². The molecule has 0 atom stereocenters. The van der Waals surface area contributed by atoms with E-state index in [4.69, 9.17) is 23.2 Å². The molecule has 0 aliphatic rings. The van der Waals surface area contributed by atoms with Crippen LogP contribution in [0.2, 0.25) is 10.3 Å². The zero-order chi connectivity index (χ0) is 18.9. The largest absolute Gasteiger partial charge is 0.477 e. The van der Waals surface area contributed by atoms with Gasteiger partial charge in [-0.05, 0) is 37.7 Å². The molecule has 3 heterocycles. The van der Waals surface area contributed by atoms with E-state index in [2.05, 4.69) is 21.0 Å². The molecule has 8 heteroatoms. The van der Waals surface area contributed by atoms with Crippen LogP contribution in [0.25, 0.3) is 11.3 Å². The first-order chi connectivity index (χ1) is 12.3. The van der Waals surface area contributed by atoms with Crippen LogP contribution in [-0.2, 0) is 26.5 Å². The quantitative estimate of drug-likeness (QED) is 0.358. The molecule has 0 aliphatic carbocycles. The van der Waals surface area contributed by atoms with Crippen molar-refractivity contribution in [3.05, 3.63) is 75.9 Å². The number of carbonyl (C=O) groups is 1. The van der Waals surface area contributed by atoms with E-state index in [-0.39, 0.29) is 37.1 Å². The van der Waals surface area contributed by atoms with E-state index >= 15 is 0 Å². The number of rotatable bonds is 4. The Balaban J connectivity index is 0.00000261. The number of pyridine rings is 3. The van der Waals surface area contributed by atoms with E-state index in [1.165, 1.54) is 12.1 Å². The minimum absolute atomic E-state index is 0. The Kier molecular flexibility index (Phi) is 6.74. The molecule has 1 N–H and O–H groups in total. The van der Waals surface area contributed by atoms with Gasteiger partial charge in [0.1, 0.15) is 5.69 Å². The Morgan fingerprint density at radius 2 is 1.67 bits per heavy atom. The smallest absolute Gasteiger partial charge is 0.354 e. The van der Waals surface area contributed by atoms with Gasteiger partial charge in [-0.1, -0.05) is 23.8 Å². The van der Waals surface area contributed by atoms with Crippen molar-refractivity contribution in [3.8, 4) is 11.3 Å². The summed E-state index contributed by atoms with van der Waals surface area (Å²) in [6, 6.07) is 14.9. The molecule has 0 fully saturated rings. The van der Waals surface area contributed by atoms with Gasteiger partial charge in [-0.2, -0.15) is 0 Å². The summed E-state index contributed by atoms with van der Waals surface area (Å²) in [7, 11) is 0. The molecule has 27 heavy (non-hydrogen) atoms. The molecule has 0 aromatic carbocycles. The van der Waals surface area contributed by atoms with Crippen LogP contribution >= 0.6 is 23.2 Å². The number of nitrogens with zero attached hydrogens (tertiary/aromatic N) is 3. The fraction of sp³-hybridized carbons (Fsp3) is 0.158. The Morgan fingerprint density at radius 3 is 2.30 bits per heavy atom. The van der Waals surface area contributed by atoms with Crippen LogP contribution in [0.4, 0.5) is 0 Å². The Hall–Kier alpha value is -1.81. The van der Waals surface area contributed by atoms with Gasteiger partial charge in [-0.15, -0.1) is 35.3 Å². The average molecular weight is 582 g/mol. The summed E-state index contributed by atoms with van der Waals surface area (Å²) in [5.74, 6) is -1.07. The van der Waals surface area contributed by atoms with E-state index < -0.39 is 11.4 Å². The van der Waals surface area contributed by atoms with Crippen LogP contribution in [0.15, 0.2) is 42.5 Å². The van der Waals surface area contributed by atoms with Crippen molar-refractivity contribution in [2.45, 2.75) is 19.3 Å². The molecule has 0 unspecified atom stereocenters. The van der Waals surface area contributed by atoms with Crippen LogP contribution in [0, 0.1) is 6.07 Å². The third kappa shape index (κ3) is 4.54. The Morgan fingerprint density at radius 1 is 1.04 bits per heavy atom. The molecule has 0 saturated carbocycles. The van der Waals surface area contributed by atoms with E-state index in [0.29, 0.717) is 22.6 Å². The van der Waals surface area contributed by atoms with Crippen LogP contribution in [0.3, 0.4) is 0 Å². The van der Waals surface area contributed by atoms with Crippen molar-refractivity contribution in [2.75, 3.05) is 0 Å². The minimum atomic E-state index is -1.07. The molecule has 0 amide bonds. The van der Waals surface area contributed by atoms with E-state index in [1.54, 1.807) is 18.2 Å². The van der Waals surface area contributed by atoms with Gasteiger partial charge in [0.2, 0.25) is 0 Å². The van der Waals surface area contributed by atoms with Gasteiger partial charge >= 0.3 is 5.97 Å². The van der Waals surface area contributed by atoms with Crippen molar-refractivity contribution in [2.24, 2.45) is 0 Å². The van der Waals surface area contributed by atoms with Crippen molar-refractivity contribution in [3.63, 3.8) is 0 Å². The van der Waals surface area contributed by atoms with Crippen LogP contribution in [0.5, 0.6) is 0 Å². The second-order valence-electron chi connectivity index (χ2n) is 6.14. The maximum Gasteiger partial charge on any atom is 0.354 e. The molecule has 3 rings (SSSR count). The zero-order valence-corrected chi connectivity index (χ0v) is 18.1. The number of carboxylic acids is 1. The summed E-state index contributed by atoms with van der Waals surface area (Å²) in [6.45, 7) is 3.86. The number of aromatic nitrogens is 3. The zero-order valence-electron chi connectivity index (χ0n) is 14.3. The molecular weight excluding hydrogens is 568 g/mol. The molecule has 0 bridgehead atoms. The van der Waals surface area contributed by atoms with Gasteiger partial charge in [-0.25, -0.2) is 9.78 Å². The average Bonchev–Trinajstić information content (AvgIpc) is 2.62. The fourth-order valence-electron chi connectivity index (χ4n) is 2.51. The predicted molar refractivity (Wildman–Crippen MR) is 99.6 cm³/mol. The second kappa shape index (κ2) is 8.47. The van der Waals surface area contributed by atoms with Gasteiger partial charge in [-0.3, -0.25) is 0 Å². The van der Waals surface area contributed by atoms with Crippen molar-refractivity contribution >= 4 is 29.2 Å². The molecular formula is C19H14Cl2N3O2Pt-. The molecule has 0 saturated heterocycles. The fourth-order valence-corrected chi connectivity index (χ4v) is 2.93. The van der Waals surface area contributed by atoms with Crippen LogP contribution in [0.1, 0.15) is 35.7 Å². The molecule has 142 valence electrons. The van der Waals surface area contributed by atoms with Crippen molar-refractivity contribution in [1.82, 2.24) is 15.0 Å². The van der Waals surface area contributed by atoms with Crippen LogP contribution in [-0.4, -0.2) is 26.0 Å². The maximum atomic E-state index is 11.2. The Bertz CT molecular complexity index is 996. The molecule has 3 aromatic rings. The Labute approximate surface area is 181 Å². The summed E-state index contributed by atoms with van der Waals surface area (Å²) in [5.41, 5.74) is 1.83. The summed E-state index contributed by atoms with van der Waals surface area (Å²) in [4.78, 5) is 24.1. The van der Waals surface area contributed by atoms with E-state index in [9.17, 15) is 9.90 Å². The third-order valence-corrected chi connectivity index (χ3v) is 4.47. The summed E-state index contributed by atoms with van der Waals surface area (Å²) >= 11 is 12.0. The number of hydrogen-bond donors (Lipinski definition) is 1. The number of carboxylic acid groups (broad SMARTS) is 1. The van der Waals surface area contributed by atoms with Crippen molar-refractivity contribution in [1.29, 1.82) is 0 Å². The monoisotopic (exact) mass is 581 g/mol. The predicted octanol–water partition coefficient (Wildman–Crippen LogP) is 4.67. The summed E-state index contributed by atoms with van der Waals surface area (Å²) < 4.78 is 0. The maximum absolute atomic E-state index is 11.2. The summed E-state index contributed by atoms with van der Waals surface area (Å²) in [5, 5.41) is 9.65. The van der Waals surface area contributed by atoms with Gasteiger partial charge in [0.25, 0.3) is 0 Å². The standard InChI is InChI=1S/C19H14Cl2N3O2.Pt/c1-19(2,15-8-4-6-13(23-15)18(25)26)14-7-3-5-12(22-14)11-9-10-16(20)24-17(11)21;/h3-8,10H,1-2H3,(H,25,26);/q-1;. The van der Waals surface area contributed by atoms with Gasteiger partial charge in [0, 0.05) is 42.5 Å². The SMILES string of the molecule is CC(C)(c1cccc(C(=O)O)n1)c1cccc(-c2[c-]cc(Cl)nc2Cl)n1.[Pt]. The third-order valence-electron chi connectivity index (χ3n) is 4.00. The van der Waals surface area contributed by atoms with Gasteiger partial charge in [0.05, 0.1) is 5.69 Å². The minimum Gasteiger partial charge on any atom is -0.477 e. The van der Waals surface area contributed by atoms with E-state index in [1.807, 2.05) is 26.0 Å². The number of hydrogen-bond acceptors (Lipinski definition) is 4. The first-order valence-electron chi connectivity index (χ1n) is 7.71. The van der Waals surface area contributed by atoms with Gasteiger partial charge in [0.15, 0.2) is 0 Å². The van der Waals surface area contributed by atoms with Crippen molar-refractivity contribution < 1.29 is 31.0 Å². The first-order valence-corrected chi connectivity index (χ1v) is 8.47. The topological polar surface area (TPSA) is 76.0 Å². The first kappa shape index (κ1) is 21.5. The normalized spacial score (nSPS) is 11.0. The van der Waals surface area contributed by atoms with E-state index in [0.717, 1.165) is 0 Å². The summed E-state index contributed by atoms with van der Waals surface area (Å²) in [6.07, 6.45) is 0. The van der Waals surface area contributed by atoms with Gasteiger partial charge < -0.3 is 15.1 Å².